The number of ether oxygens (including phenoxy) is 2. The minimum atomic E-state index is -0.599. The van der Waals surface area contributed by atoms with Crippen molar-refractivity contribution >= 4 is 22.8 Å². The third-order valence-electron chi connectivity index (χ3n) is 5.44. The number of para-hydroxylation sites is 1. The average molecular weight is 450 g/mol. The van der Waals surface area contributed by atoms with Gasteiger partial charge in [0.2, 0.25) is 5.76 Å². The average Bonchev–Trinajstić information content (AvgIpc) is 3.07. The maximum Gasteiger partial charge on any atom is 0.290 e. The smallest absolute Gasteiger partial charge is 0.290 e. The molecule has 3 aromatic rings. The van der Waals surface area contributed by atoms with E-state index in [1.807, 2.05) is 13.8 Å². The van der Waals surface area contributed by atoms with E-state index in [1.165, 1.54) is 0 Å². The number of hydrogen-bond donors (Lipinski definition) is 1. The molecular formula is C25H26N2O6. The fourth-order valence-electron chi connectivity index (χ4n) is 4.00. The molecule has 0 aliphatic carbocycles. The van der Waals surface area contributed by atoms with Crippen molar-refractivity contribution in [1.82, 2.24) is 4.90 Å². The number of fused-ring (bicyclic) bond motifs is 2. The molecule has 172 valence electrons. The third kappa shape index (κ3) is 4.61. The normalized spacial score (nSPS) is 15.3. The fraction of sp³-hybridized carbons (Fsp3) is 0.320. The van der Waals surface area contributed by atoms with Crippen LogP contribution >= 0.6 is 0 Å². The van der Waals surface area contributed by atoms with Gasteiger partial charge in [0.1, 0.15) is 11.3 Å². The molecule has 33 heavy (non-hydrogen) atoms. The maximum absolute atomic E-state index is 13.4. The first-order chi connectivity index (χ1) is 15.9. The summed E-state index contributed by atoms with van der Waals surface area (Å²) in [4.78, 5) is 39.4. The van der Waals surface area contributed by atoms with Crippen LogP contribution in [0.2, 0.25) is 0 Å². The Kier molecular flexibility index (Phi) is 6.46. The summed E-state index contributed by atoms with van der Waals surface area (Å²) >= 11 is 0. The summed E-state index contributed by atoms with van der Waals surface area (Å²) in [6, 6.07) is 13.2. The van der Waals surface area contributed by atoms with Crippen LogP contribution in [0.15, 0.2) is 57.7 Å². The standard InChI is InChI=1S/C25H26N2O6/c1-15(2)31-13-5-12-27-22(16-8-10-17(11-9-16)32-14-20(26)28)21-23(29)18-6-3-4-7-19(18)33-24(21)25(27)30/h3-4,6-11,15,22H,5,12-14H2,1-2H3,(H2,26,28)/t22-/m1/s1. The number of carbonyl (C=O) groups is 2. The Bertz CT molecular complexity index is 1230. The molecule has 2 heterocycles. The second-order valence-electron chi connectivity index (χ2n) is 8.17. The number of nitrogens with two attached hydrogens (primary N) is 1. The zero-order valence-electron chi connectivity index (χ0n) is 18.6. The lowest BCUT2D eigenvalue weighted by Gasteiger charge is -2.25. The number of rotatable bonds is 9. The van der Waals surface area contributed by atoms with Gasteiger partial charge < -0.3 is 24.5 Å². The number of hydrogen-bond acceptors (Lipinski definition) is 6. The summed E-state index contributed by atoms with van der Waals surface area (Å²) < 4.78 is 16.9. The van der Waals surface area contributed by atoms with Crippen LogP contribution in [0.1, 0.15) is 48.0 Å². The molecule has 8 heteroatoms. The zero-order chi connectivity index (χ0) is 23.5. The highest BCUT2D eigenvalue weighted by molar-refractivity contribution is 5.99. The highest BCUT2D eigenvalue weighted by Crippen LogP contribution is 2.38. The second-order valence-corrected chi connectivity index (χ2v) is 8.17. The van der Waals surface area contributed by atoms with Crippen LogP contribution in [-0.4, -0.2) is 42.6 Å². The van der Waals surface area contributed by atoms with E-state index in [0.29, 0.717) is 41.9 Å². The van der Waals surface area contributed by atoms with Crippen molar-refractivity contribution in [3.05, 3.63) is 75.6 Å². The van der Waals surface area contributed by atoms with Crippen molar-refractivity contribution in [2.24, 2.45) is 5.73 Å². The molecule has 1 aliphatic rings. The van der Waals surface area contributed by atoms with E-state index in [0.717, 1.165) is 5.56 Å². The lowest BCUT2D eigenvalue weighted by molar-refractivity contribution is -0.119. The first-order valence-corrected chi connectivity index (χ1v) is 10.9. The van der Waals surface area contributed by atoms with Gasteiger partial charge in [-0.05, 0) is 50.1 Å². The van der Waals surface area contributed by atoms with Gasteiger partial charge in [-0.15, -0.1) is 0 Å². The van der Waals surface area contributed by atoms with E-state index in [1.54, 1.807) is 53.4 Å². The van der Waals surface area contributed by atoms with Crippen LogP contribution in [0.5, 0.6) is 5.75 Å². The van der Waals surface area contributed by atoms with Gasteiger partial charge in [-0.1, -0.05) is 24.3 Å². The Morgan fingerprint density at radius 3 is 2.55 bits per heavy atom. The summed E-state index contributed by atoms with van der Waals surface area (Å²) in [5.74, 6) is -0.364. The fourth-order valence-corrected chi connectivity index (χ4v) is 4.00. The van der Waals surface area contributed by atoms with Crippen molar-refractivity contribution in [3.63, 3.8) is 0 Å². The van der Waals surface area contributed by atoms with Gasteiger partial charge in [0, 0.05) is 13.2 Å². The number of primary amides is 1. The molecule has 1 aromatic heterocycles. The molecule has 0 saturated heterocycles. The monoisotopic (exact) mass is 450 g/mol. The quantitative estimate of drug-likeness (QED) is 0.502. The predicted molar refractivity (Wildman–Crippen MR) is 122 cm³/mol. The Hall–Kier alpha value is -3.65. The molecule has 0 unspecified atom stereocenters. The van der Waals surface area contributed by atoms with Crippen molar-refractivity contribution in [2.45, 2.75) is 32.4 Å². The van der Waals surface area contributed by atoms with Gasteiger partial charge in [-0.2, -0.15) is 0 Å². The predicted octanol–water partition coefficient (Wildman–Crippen LogP) is 3.02. The SMILES string of the molecule is CC(C)OCCCN1C(=O)c2oc3ccccc3c(=O)c2[C@H]1c1ccc(OCC(N)=O)cc1. The van der Waals surface area contributed by atoms with Gasteiger partial charge in [0.05, 0.1) is 23.1 Å². The summed E-state index contributed by atoms with van der Waals surface area (Å²) in [7, 11) is 0. The van der Waals surface area contributed by atoms with Gasteiger partial charge in [-0.25, -0.2) is 0 Å². The molecule has 0 saturated carbocycles. The largest absolute Gasteiger partial charge is 0.484 e. The molecule has 8 nitrogen and oxygen atoms in total. The Balaban J connectivity index is 1.72. The van der Waals surface area contributed by atoms with Gasteiger partial charge in [-0.3, -0.25) is 14.4 Å². The summed E-state index contributed by atoms with van der Waals surface area (Å²) in [6.07, 6.45) is 0.704. The maximum atomic E-state index is 13.4. The highest BCUT2D eigenvalue weighted by Gasteiger charge is 2.42. The molecular weight excluding hydrogens is 424 g/mol. The van der Waals surface area contributed by atoms with Crippen LogP contribution in [0.4, 0.5) is 0 Å². The second kappa shape index (κ2) is 9.46. The third-order valence-corrected chi connectivity index (χ3v) is 5.44. The van der Waals surface area contributed by atoms with Crippen molar-refractivity contribution in [2.75, 3.05) is 19.8 Å². The molecule has 0 radical (unpaired) electrons. The van der Waals surface area contributed by atoms with Crippen molar-refractivity contribution in [1.29, 1.82) is 0 Å². The molecule has 2 aromatic carbocycles. The Labute approximate surface area is 190 Å². The van der Waals surface area contributed by atoms with Crippen LogP contribution in [0, 0.1) is 0 Å². The molecule has 2 N–H and O–H groups in total. The molecule has 1 aliphatic heterocycles. The van der Waals surface area contributed by atoms with E-state index in [2.05, 4.69) is 0 Å². The summed E-state index contributed by atoms with van der Waals surface area (Å²) in [5.41, 5.74) is 6.36. The number of carbonyl (C=O) groups excluding carboxylic acids is 2. The number of benzene rings is 2. The van der Waals surface area contributed by atoms with E-state index in [4.69, 9.17) is 19.6 Å². The first kappa shape index (κ1) is 22.5. The van der Waals surface area contributed by atoms with E-state index in [9.17, 15) is 14.4 Å². The van der Waals surface area contributed by atoms with Gasteiger partial charge in [0.15, 0.2) is 12.0 Å². The van der Waals surface area contributed by atoms with Crippen LogP contribution < -0.4 is 15.9 Å². The molecule has 1 atom stereocenters. The van der Waals surface area contributed by atoms with E-state index >= 15 is 0 Å². The minimum absolute atomic E-state index is 0.0718. The summed E-state index contributed by atoms with van der Waals surface area (Å²) in [6.45, 7) is 4.57. The molecule has 0 spiro atoms. The van der Waals surface area contributed by atoms with Crippen molar-refractivity contribution < 1.29 is 23.5 Å². The van der Waals surface area contributed by atoms with Crippen LogP contribution in [0.3, 0.4) is 0 Å². The highest BCUT2D eigenvalue weighted by atomic mass is 16.5. The van der Waals surface area contributed by atoms with Crippen LogP contribution in [-0.2, 0) is 9.53 Å². The Morgan fingerprint density at radius 2 is 1.85 bits per heavy atom. The van der Waals surface area contributed by atoms with Crippen molar-refractivity contribution in [3.8, 4) is 5.75 Å². The summed E-state index contributed by atoms with van der Waals surface area (Å²) in [5, 5.41) is 0.431. The van der Waals surface area contributed by atoms with Gasteiger partial charge in [0.25, 0.3) is 11.8 Å². The van der Waals surface area contributed by atoms with Gasteiger partial charge >= 0.3 is 0 Å². The number of nitrogens with zero attached hydrogens (tertiary/aromatic N) is 1. The lowest BCUT2D eigenvalue weighted by atomic mass is 9.98. The molecule has 2 amide bonds. The minimum Gasteiger partial charge on any atom is -0.484 e. The molecule has 4 rings (SSSR count). The van der Waals surface area contributed by atoms with Crippen LogP contribution in [0.25, 0.3) is 11.0 Å². The first-order valence-electron chi connectivity index (χ1n) is 10.9. The topological polar surface area (TPSA) is 112 Å². The Morgan fingerprint density at radius 1 is 1.12 bits per heavy atom. The number of amides is 2. The molecule has 0 fully saturated rings. The zero-order valence-corrected chi connectivity index (χ0v) is 18.6. The molecule has 0 bridgehead atoms. The van der Waals surface area contributed by atoms with E-state index < -0.39 is 11.9 Å². The lowest BCUT2D eigenvalue weighted by Crippen LogP contribution is -2.31. The van der Waals surface area contributed by atoms with E-state index in [-0.39, 0.29) is 29.8 Å².